The molecule has 1 unspecified atom stereocenters. The number of nitrogens with zero attached hydrogens (tertiary/aromatic N) is 2. The predicted molar refractivity (Wildman–Crippen MR) is 70.9 cm³/mol. The third-order valence-electron chi connectivity index (χ3n) is 3.84. The number of amides is 1. The number of likely N-dealkylation sites (tertiary alicyclic amines) is 1. The summed E-state index contributed by atoms with van der Waals surface area (Å²) in [7, 11) is 2.52. The van der Waals surface area contributed by atoms with Crippen molar-refractivity contribution in [1.29, 1.82) is 0 Å². The van der Waals surface area contributed by atoms with Crippen LogP contribution in [0.5, 0.6) is 0 Å². The molecule has 0 radical (unpaired) electrons. The number of rotatable bonds is 3. The molecule has 6 heteroatoms. The standard InChI is InChI=1S/C11H16N3OPS/c15-10(9-5-17-7-12-9)14-6-11(1-2-11)3-8(14)4-13-16/h5,7-8,13H,1-4,6,16H2/t8-/m0/s1. The Hall–Kier alpha value is -0.510. The van der Waals surface area contributed by atoms with Gasteiger partial charge in [0.1, 0.15) is 5.69 Å². The molecule has 92 valence electrons. The molecule has 1 aromatic heterocycles. The highest BCUT2D eigenvalue weighted by molar-refractivity contribution is 7.13. The van der Waals surface area contributed by atoms with Gasteiger partial charge in [-0.3, -0.25) is 9.88 Å². The van der Waals surface area contributed by atoms with Crippen LogP contribution < -0.4 is 5.09 Å². The molecule has 1 N–H and O–H groups in total. The summed E-state index contributed by atoms with van der Waals surface area (Å²) in [5.74, 6) is 0.0975. The van der Waals surface area contributed by atoms with E-state index in [-0.39, 0.29) is 5.91 Å². The highest BCUT2D eigenvalue weighted by Crippen LogP contribution is 2.54. The Labute approximate surface area is 107 Å². The Morgan fingerprint density at radius 2 is 2.53 bits per heavy atom. The number of carbonyl (C=O) groups excluding carboxylic acids is 1. The van der Waals surface area contributed by atoms with Gasteiger partial charge in [-0.1, -0.05) is 9.39 Å². The number of hydrogen-bond donors (Lipinski definition) is 1. The second-order valence-electron chi connectivity index (χ2n) is 5.07. The average molecular weight is 269 g/mol. The van der Waals surface area contributed by atoms with E-state index < -0.39 is 0 Å². The first kappa shape index (κ1) is 11.6. The van der Waals surface area contributed by atoms with E-state index >= 15 is 0 Å². The van der Waals surface area contributed by atoms with Gasteiger partial charge in [0.25, 0.3) is 5.91 Å². The quantitative estimate of drug-likeness (QED) is 0.846. The van der Waals surface area contributed by atoms with Crippen LogP contribution in [0, 0.1) is 5.41 Å². The maximum absolute atomic E-state index is 12.3. The molecule has 1 saturated heterocycles. The van der Waals surface area contributed by atoms with E-state index in [0.29, 0.717) is 17.2 Å². The van der Waals surface area contributed by atoms with E-state index in [1.807, 2.05) is 10.3 Å². The SMILES string of the molecule is O=C(c1cscn1)N1CC2(CC2)C[C@H]1CNP. The number of thiazole rings is 1. The Morgan fingerprint density at radius 1 is 1.71 bits per heavy atom. The summed E-state index contributed by atoms with van der Waals surface area (Å²) in [6, 6.07) is 0.323. The first-order valence-corrected chi connectivity index (χ1v) is 7.39. The monoisotopic (exact) mass is 269 g/mol. The van der Waals surface area contributed by atoms with Crippen LogP contribution in [0.15, 0.2) is 10.9 Å². The fourth-order valence-electron chi connectivity index (χ4n) is 2.73. The minimum atomic E-state index is 0.0975. The van der Waals surface area contributed by atoms with Gasteiger partial charge < -0.3 is 4.90 Å². The minimum Gasteiger partial charge on any atom is -0.332 e. The van der Waals surface area contributed by atoms with Crippen molar-refractivity contribution in [2.45, 2.75) is 25.3 Å². The van der Waals surface area contributed by atoms with E-state index in [1.54, 1.807) is 5.51 Å². The molecule has 1 aliphatic carbocycles. The van der Waals surface area contributed by atoms with Gasteiger partial charge in [0, 0.05) is 24.5 Å². The molecule has 0 bridgehead atoms. The van der Waals surface area contributed by atoms with Crippen LogP contribution in [-0.4, -0.2) is 34.9 Å². The third-order valence-corrected chi connectivity index (χ3v) is 4.66. The molecule has 4 nitrogen and oxygen atoms in total. The summed E-state index contributed by atoms with van der Waals surface area (Å²) in [6.45, 7) is 1.77. The van der Waals surface area contributed by atoms with E-state index in [9.17, 15) is 4.79 Å². The van der Waals surface area contributed by atoms with E-state index in [2.05, 4.69) is 19.5 Å². The number of nitrogens with one attached hydrogen (secondary N) is 1. The molecule has 1 amide bonds. The van der Waals surface area contributed by atoms with Crippen molar-refractivity contribution in [3.63, 3.8) is 0 Å². The fourth-order valence-corrected chi connectivity index (χ4v) is 3.52. The summed E-state index contributed by atoms with van der Waals surface area (Å²) in [5.41, 5.74) is 2.76. The summed E-state index contributed by atoms with van der Waals surface area (Å²) < 4.78 is 0. The molecular weight excluding hydrogens is 253 g/mol. The van der Waals surface area contributed by atoms with Gasteiger partial charge in [-0.2, -0.15) is 0 Å². The summed E-state index contributed by atoms with van der Waals surface area (Å²) >= 11 is 1.48. The second-order valence-corrected chi connectivity index (χ2v) is 6.20. The topological polar surface area (TPSA) is 45.2 Å². The number of carbonyl (C=O) groups is 1. The van der Waals surface area contributed by atoms with Crippen molar-refractivity contribution < 1.29 is 4.79 Å². The average Bonchev–Trinajstić information content (AvgIpc) is 2.79. The first-order chi connectivity index (χ1) is 8.24. The smallest absolute Gasteiger partial charge is 0.273 e. The lowest BCUT2D eigenvalue weighted by Gasteiger charge is -2.23. The van der Waals surface area contributed by atoms with Crippen LogP contribution in [-0.2, 0) is 0 Å². The van der Waals surface area contributed by atoms with Crippen molar-refractivity contribution in [1.82, 2.24) is 15.0 Å². The van der Waals surface area contributed by atoms with Crippen molar-refractivity contribution in [2.24, 2.45) is 5.41 Å². The van der Waals surface area contributed by atoms with Crippen molar-refractivity contribution in [3.05, 3.63) is 16.6 Å². The molecule has 1 spiro atoms. The zero-order chi connectivity index (χ0) is 11.9. The van der Waals surface area contributed by atoms with Crippen LogP contribution in [0.2, 0.25) is 0 Å². The molecule has 3 rings (SSSR count). The first-order valence-electron chi connectivity index (χ1n) is 5.87. The Morgan fingerprint density at radius 3 is 3.12 bits per heavy atom. The molecular formula is C11H16N3OPS. The van der Waals surface area contributed by atoms with Crippen LogP contribution in [0.3, 0.4) is 0 Å². The van der Waals surface area contributed by atoms with Gasteiger partial charge in [0.15, 0.2) is 0 Å². The third kappa shape index (κ3) is 2.12. The van der Waals surface area contributed by atoms with Crippen LogP contribution in [0.25, 0.3) is 0 Å². The highest BCUT2D eigenvalue weighted by Gasteiger charge is 2.53. The maximum atomic E-state index is 12.3. The van der Waals surface area contributed by atoms with Crippen molar-refractivity contribution >= 4 is 26.6 Å². The van der Waals surface area contributed by atoms with Gasteiger partial charge in [0.05, 0.1) is 5.51 Å². The Balaban J connectivity index is 1.78. The molecule has 1 saturated carbocycles. The molecule has 2 aliphatic rings. The van der Waals surface area contributed by atoms with Crippen LogP contribution in [0.1, 0.15) is 29.8 Å². The van der Waals surface area contributed by atoms with Gasteiger partial charge in [0.2, 0.25) is 0 Å². The molecule has 2 heterocycles. The molecule has 2 atom stereocenters. The minimum absolute atomic E-state index is 0.0975. The zero-order valence-electron chi connectivity index (χ0n) is 9.56. The molecule has 0 aromatic carbocycles. The van der Waals surface area contributed by atoms with Gasteiger partial charge >= 0.3 is 0 Å². The Kier molecular flexibility index (Phi) is 2.93. The van der Waals surface area contributed by atoms with Gasteiger partial charge in [-0.25, -0.2) is 4.98 Å². The fraction of sp³-hybridized carbons (Fsp3) is 0.636. The Bertz CT molecular complexity index is 418. The maximum Gasteiger partial charge on any atom is 0.273 e. The van der Waals surface area contributed by atoms with Gasteiger partial charge in [-0.15, -0.1) is 11.3 Å². The van der Waals surface area contributed by atoms with Crippen LogP contribution >= 0.6 is 20.7 Å². The highest BCUT2D eigenvalue weighted by atomic mass is 32.1. The van der Waals surface area contributed by atoms with Crippen molar-refractivity contribution in [2.75, 3.05) is 13.1 Å². The van der Waals surface area contributed by atoms with E-state index in [4.69, 9.17) is 0 Å². The molecule has 2 fully saturated rings. The lowest BCUT2D eigenvalue weighted by molar-refractivity contribution is 0.0728. The van der Waals surface area contributed by atoms with Crippen LogP contribution in [0.4, 0.5) is 0 Å². The predicted octanol–water partition coefficient (Wildman–Crippen LogP) is 1.52. The summed E-state index contributed by atoms with van der Waals surface area (Å²) in [5, 5.41) is 4.95. The lowest BCUT2D eigenvalue weighted by atomic mass is 10.0. The summed E-state index contributed by atoms with van der Waals surface area (Å²) in [4.78, 5) is 18.5. The van der Waals surface area contributed by atoms with Crippen molar-refractivity contribution in [3.8, 4) is 0 Å². The molecule has 17 heavy (non-hydrogen) atoms. The summed E-state index contributed by atoms with van der Waals surface area (Å²) in [6.07, 6.45) is 3.70. The number of aromatic nitrogens is 1. The lowest BCUT2D eigenvalue weighted by Crippen LogP contribution is -2.40. The van der Waals surface area contributed by atoms with E-state index in [0.717, 1.165) is 19.5 Å². The number of hydrogen-bond acceptors (Lipinski definition) is 4. The molecule has 1 aliphatic heterocycles. The normalized spacial score (nSPS) is 25.5. The zero-order valence-corrected chi connectivity index (χ0v) is 11.5. The molecule has 1 aromatic rings. The largest absolute Gasteiger partial charge is 0.332 e. The van der Waals surface area contributed by atoms with Gasteiger partial charge in [-0.05, 0) is 24.7 Å². The van der Waals surface area contributed by atoms with E-state index in [1.165, 1.54) is 24.2 Å². The second kappa shape index (κ2) is 4.30.